The summed E-state index contributed by atoms with van der Waals surface area (Å²) in [4.78, 5) is 16.7. The largest absolute Gasteiger partial charge is 0.391 e. The fraction of sp³-hybridized carbons (Fsp3) is 0.562. The number of aliphatic hydroxyl groups is 1. The number of aromatic nitrogens is 4. The predicted octanol–water partition coefficient (Wildman–Crippen LogP) is 1.94. The molecule has 2 rings (SSSR count). The molecule has 0 radical (unpaired) electrons. The summed E-state index contributed by atoms with van der Waals surface area (Å²) in [5, 5.41) is 13.9. The van der Waals surface area contributed by atoms with Crippen molar-refractivity contribution in [2.75, 3.05) is 0 Å². The van der Waals surface area contributed by atoms with Crippen LogP contribution < -0.4 is 5.69 Å². The van der Waals surface area contributed by atoms with Gasteiger partial charge in [-0.05, 0) is 30.4 Å². The zero-order chi connectivity index (χ0) is 16.3. The highest BCUT2D eigenvalue weighted by atomic mass is 16.3. The fourth-order valence-corrected chi connectivity index (χ4v) is 2.51. The first-order chi connectivity index (χ1) is 10.4. The maximum atomic E-state index is 12.4. The molecule has 0 saturated carbocycles. The average molecular weight is 304 g/mol. The van der Waals surface area contributed by atoms with Crippen LogP contribution in [0.1, 0.15) is 57.2 Å². The summed E-state index contributed by atoms with van der Waals surface area (Å²) >= 11 is 0. The molecular formula is C16H24N4O2. The minimum atomic E-state index is -0.614. The molecule has 0 spiro atoms. The lowest BCUT2D eigenvalue weighted by Gasteiger charge is -2.16. The van der Waals surface area contributed by atoms with Crippen molar-refractivity contribution in [2.24, 2.45) is 0 Å². The smallest absolute Gasteiger partial charge is 0.346 e. The highest BCUT2D eigenvalue weighted by molar-refractivity contribution is 5.21. The van der Waals surface area contributed by atoms with E-state index >= 15 is 0 Å². The van der Waals surface area contributed by atoms with E-state index in [9.17, 15) is 9.90 Å². The van der Waals surface area contributed by atoms with E-state index in [-0.39, 0.29) is 11.7 Å². The average Bonchev–Trinajstić information content (AvgIpc) is 2.81. The molecule has 0 amide bonds. The Hall–Kier alpha value is -1.95. The second kappa shape index (κ2) is 6.87. The van der Waals surface area contributed by atoms with Gasteiger partial charge < -0.3 is 5.11 Å². The Balaban J connectivity index is 2.27. The van der Waals surface area contributed by atoms with Gasteiger partial charge in [-0.25, -0.2) is 9.48 Å². The van der Waals surface area contributed by atoms with Crippen molar-refractivity contribution in [3.8, 4) is 0 Å². The van der Waals surface area contributed by atoms with Crippen molar-refractivity contribution in [3.63, 3.8) is 0 Å². The van der Waals surface area contributed by atoms with Crippen LogP contribution >= 0.6 is 0 Å². The van der Waals surface area contributed by atoms with Crippen LogP contribution in [0.5, 0.6) is 0 Å². The summed E-state index contributed by atoms with van der Waals surface area (Å²) in [6, 6.07) is 1.77. The van der Waals surface area contributed by atoms with E-state index in [4.69, 9.17) is 0 Å². The molecule has 0 aliphatic rings. The van der Waals surface area contributed by atoms with Gasteiger partial charge in [0.1, 0.15) is 6.33 Å². The third kappa shape index (κ3) is 3.44. The number of rotatable bonds is 6. The lowest BCUT2D eigenvalue weighted by atomic mass is 10.0. The zero-order valence-corrected chi connectivity index (χ0v) is 13.6. The van der Waals surface area contributed by atoms with Crippen molar-refractivity contribution in [3.05, 3.63) is 46.4 Å². The van der Waals surface area contributed by atoms with Crippen LogP contribution in [0, 0.1) is 0 Å². The molecule has 6 nitrogen and oxygen atoms in total. The summed E-state index contributed by atoms with van der Waals surface area (Å²) in [7, 11) is 0. The van der Waals surface area contributed by atoms with Gasteiger partial charge in [0.05, 0.1) is 18.7 Å². The van der Waals surface area contributed by atoms with E-state index in [2.05, 4.69) is 30.0 Å². The van der Waals surface area contributed by atoms with E-state index in [1.807, 2.05) is 13.1 Å². The molecule has 0 aromatic carbocycles. The molecule has 6 heteroatoms. The molecule has 2 aromatic rings. The summed E-state index contributed by atoms with van der Waals surface area (Å²) in [6.07, 6.45) is 5.17. The Morgan fingerprint density at radius 3 is 2.59 bits per heavy atom. The minimum Gasteiger partial charge on any atom is -0.391 e. The number of hydrogen-bond donors (Lipinski definition) is 1. The van der Waals surface area contributed by atoms with Gasteiger partial charge in [-0.1, -0.05) is 26.8 Å². The Bertz CT molecular complexity index is 673. The van der Waals surface area contributed by atoms with Crippen molar-refractivity contribution < 1.29 is 5.11 Å². The van der Waals surface area contributed by atoms with Gasteiger partial charge in [0.2, 0.25) is 0 Å². The van der Waals surface area contributed by atoms with Gasteiger partial charge in [-0.2, -0.15) is 5.10 Å². The first-order valence-corrected chi connectivity index (χ1v) is 7.69. The predicted molar refractivity (Wildman–Crippen MR) is 84.9 cm³/mol. The molecule has 2 atom stereocenters. The van der Waals surface area contributed by atoms with Crippen molar-refractivity contribution in [1.29, 1.82) is 0 Å². The number of nitrogens with zero attached hydrogens (tertiary/aromatic N) is 4. The third-order valence-electron chi connectivity index (χ3n) is 3.88. The van der Waals surface area contributed by atoms with E-state index < -0.39 is 6.10 Å². The Kier molecular flexibility index (Phi) is 5.13. The summed E-state index contributed by atoms with van der Waals surface area (Å²) < 4.78 is 2.91. The molecule has 1 N–H and O–H groups in total. The Labute approximate surface area is 130 Å². The summed E-state index contributed by atoms with van der Waals surface area (Å²) in [5.41, 5.74) is 1.91. The van der Waals surface area contributed by atoms with Crippen LogP contribution in [0.2, 0.25) is 0 Å². The molecule has 0 aliphatic carbocycles. The molecule has 2 heterocycles. The summed E-state index contributed by atoms with van der Waals surface area (Å²) in [5.74, 6) is 0.395. The van der Waals surface area contributed by atoms with E-state index in [0.717, 1.165) is 11.1 Å². The number of hydrogen-bond acceptors (Lipinski definition) is 4. The first kappa shape index (κ1) is 16.4. The standard InChI is InChI=1S/C16H24N4O2/c1-5-15(12(4)21)20-16(22)19(10-18-20)9-13-6-14(11(2)3)8-17-7-13/h6-8,10-12,15,21H,5,9H2,1-4H3/t12-,15+/m1/s1. The van der Waals surface area contributed by atoms with Crippen LogP contribution in [0.25, 0.3) is 0 Å². The highest BCUT2D eigenvalue weighted by Gasteiger charge is 2.19. The highest BCUT2D eigenvalue weighted by Crippen LogP contribution is 2.15. The maximum absolute atomic E-state index is 12.4. The lowest BCUT2D eigenvalue weighted by molar-refractivity contribution is 0.118. The van der Waals surface area contributed by atoms with Gasteiger partial charge in [-0.3, -0.25) is 9.55 Å². The van der Waals surface area contributed by atoms with Gasteiger partial charge in [-0.15, -0.1) is 0 Å². The SMILES string of the molecule is CC[C@@H]([C@@H](C)O)n1ncn(Cc2cncc(C(C)C)c2)c1=O. The minimum absolute atomic E-state index is 0.206. The van der Waals surface area contributed by atoms with Crippen LogP contribution in [0.3, 0.4) is 0 Å². The van der Waals surface area contributed by atoms with Crippen LogP contribution in [0.15, 0.2) is 29.6 Å². The second-order valence-electron chi connectivity index (χ2n) is 5.98. The molecule has 2 aromatic heterocycles. The topological polar surface area (TPSA) is 72.9 Å². The molecule has 0 aliphatic heterocycles. The zero-order valence-electron chi connectivity index (χ0n) is 13.6. The molecule has 120 valence electrons. The normalized spacial score (nSPS) is 14.3. The van der Waals surface area contributed by atoms with Gasteiger partial charge in [0.25, 0.3) is 0 Å². The van der Waals surface area contributed by atoms with E-state index in [1.54, 1.807) is 17.7 Å². The van der Waals surface area contributed by atoms with Gasteiger partial charge >= 0.3 is 5.69 Å². The van der Waals surface area contributed by atoms with Crippen LogP contribution in [-0.2, 0) is 6.54 Å². The monoisotopic (exact) mass is 304 g/mol. The second-order valence-corrected chi connectivity index (χ2v) is 5.98. The van der Waals surface area contributed by atoms with Crippen molar-refractivity contribution in [1.82, 2.24) is 19.3 Å². The van der Waals surface area contributed by atoms with Crippen LogP contribution in [0.4, 0.5) is 0 Å². The number of pyridine rings is 1. The third-order valence-corrected chi connectivity index (χ3v) is 3.88. The van der Waals surface area contributed by atoms with Gasteiger partial charge in [0.15, 0.2) is 0 Å². The quantitative estimate of drug-likeness (QED) is 0.885. The number of aliphatic hydroxyl groups excluding tert-OH is 1. The Morgan fingerprint density at radius 2 is 2.00 bits per heavy atom. The molecule has 0 fully saturated rings. The molecule has 0 unspecified atom stereocenters. The fourth-order valence-electron chi connectivity index (χ4n) is 2.51. The first-order valence-electron chi connectivity index (χ1n) is 7.69. The van der Waals surface area contributed by atoms with Crippen LogP contribution in [-0.4, -0.2) is 30.5 Å². The molecule has 0 saturated heterocycles. The van der Waals surface area contributed by atoms with E-state index in [1.165, 1.54) is 11.0 Å². The lowest BCUT2D eigenvalue weighted by Crippen LogP contribution is -2.33. The molecular weight excluding hydrogens is 280 g/mol. The molecule has 22 heavy (non-hydrogen) atoms. The molecule has 0 bridgehead atoms. The van der Waals surface area contributed by atoms with Crippen molar-refractivity contribution in [2.45, 2.75) is 58.7 Å². The Morgan fingerprint density at radius 1 is 1.27 bits per heavy atom. The van der Waals surface area contributed by atoms with Crippen molar-refractivity contribution >= 4 is 0 Å². The maximum Gasteiger partial charge on any atom is 0.346 e. The van der Waals surface area contributed by atoms with Gasteiger partial charge in [0, 0.05) is 12.4 Å². The van der Waals surface area contributed by atoms with E-state index in [0.29, 0.717) is 18.9 Å². The summed E-state index contributed by atoms with van der Waals surface area (Å²) in [6.45, 7) is 8.26.